The van der Waals surface area contributed by atoms with E-state index in [1.165, 1.54) is 0 Å². The van der Waals surface area contributed by atoms with Crippen molar-refractivity contribution >= 4 is 5.70 Å². The van der Waals surface area contributed by atoms with Crippen molar-refractivity contribution in [1.29, 1.82) is 0 Å². The summed E-state index contributed by atoms with van der Waals surface area (Å²) in [5, 5.41) is 8.10. The highest BCUT2D eigenvalue weighted by Gasteiger charge is 2.05. The minimum atomic E-state index is 0.643. The van der Waals surface area contributed by atoms with Crippen molar-refractivity contribution < 1.29 is 0 Å². The largest absolute Gasteiger partial charge is 0.157 e. The summed E-state index contributed by atoms with van der Waals surface area (Å²) in [6.45, 7) is 2.19. The lowest BCUT2D eigenvalue weighted by Crippen LogP contribution is -2.03. The van der Waals surface area contributed by atoms with Gasteiger partial charge in [-0.3, -0.25) is 0 Å². The molecule has 0 aromatic carbocycles. The molecule has 1 aromatic rings. The van der Waals surface area contributed by atoms with Crippen molar-refractivity contribution in [3.63, 3.8) is 0 Å². The first-order valence-electron chi connectivity index (χ1n) is 4.11. The van der Waals surface area contributed by atoms with E-state index in [2.05, 4.69) is 35.3 Å². The highest BCUT2D eigenvalue weighted by atomic mass is 15.5. The summed E-state index contributed by atoms with van der Waals surface area (Å²) < 4.78 is 0. The van der Waals surface area contributed by atoms with Crippen LogP contribution in [0.4, 0.5) is 0 Å². The minimum Gasteiger partial charge on any atom is -0.157 e. The van der Waals surface area contributed by atoms with Gasteiger partial charge in [0.15, 0.2) is 0 Å². The summed E-state index contributed by atoms with van der Waals surface area (Å²) in [6, 6.07) is 0. The van der Waals surface area contributed by atoms with Crippen LogP contribution >= 0.6 is 0 Å². The summed E-state index contributed by atoms with van der Waals surface area (Å²) in [6.07, 6.45) is 10.9. The van der Waals surface area contributed by atoms with E-state index in [1.807, 2.05) is 0 Å². The average molecular weight is 161 g/mol. The highest BCUT2D eigenvalue weighted by Crippen LogP contribution is 2.17. The van der Waals surface area contributed by atoms with Crippen LogP contribution in [0, 0.1) is 5.92 Å². The fraction of sp³-hybridized carbons (Fsp3) is 0.333. The van der Waals surface area contributed by atoms with Crippen LogP contribution in [-0.4, -0.2) is 15.0 Å². The summed E-state index contributed by atoms with van der Waals surface area (Å²) in [5.41, 5.74) is 1.07. The monoisotopic (exact) mass is 161 g/mol. The normalized spacial score (nSPS) is 22.4. The molecule has 1 unspecified atom stereocenters. The van der Waals surface area contributed by atoms with Crippen LogP contribution in [0.1, 0.15) is 13.3 Å². The van der Waals surface area contributed by atoms with E-state index < -0.39 is 0 Å². The van der Waals surface area contributed by atoms with Gasteiger partial charge in [0.05, 0.1) is 18.1 Å². The van der Waals surface area contributed by atoms with Crippen LogP contribution in [0.5, 0.6) is 0 Å². The van der Waals surface area contributed by atoms with Crippen molar-refractivity contribution in [3.8, 4) is 0 Å². The fourth-order valence-electron chi connectivity index (χ4n) is 1.21. The lowest BCUT2D eigenvalue weighted by molar-refractivity contribution is 0.711. The SMILES string of the molecule is CC1C=CC(n2nccn2)=CC1. The predicted molar refractivity (Wildman–Crippen MR) is 47.2 cm³/mol. The second-order valence-electron chi connectivity index (χ2n) is 3.02. The fourth-order valence-corrected chi connectivity index (χ4v) is 1.21. The molecule has 3 heteroatoms. The molecule has 0 spiro atoms. The van der Waals surface area contributed by atoms with Gasteiger partial charge >= 0.3 is 0 Å². The summed E-state index contributed by atoms with van der Waals surface area (Å²) >= 11 is 0. The molecular formula is C9H11N3. The van der Waals surface area contributed by atoms with Crippen molar-refractivity contribution in [1.82, 2.24) is 15.0 Å². The molecular weight excluding hydrogens is 150 g/mol. The van der Waals surface area contributed by atoms with Gasteiger partial charge in [-0.05, 0) is 18.4 Å². The van der Waals surface area contributed by atoms with Gasteiger partial charge in [-0.15, -0.1) is 0 Å². The van der Waals surface area contributed by atoms with E-state index >= 15 is 0 Å². The van der Waals surface area contributed by atoms with E-state index in [-0.39, 0.29) is 0 Å². The first kappa shape index (κ1) is 7.28. The molecule has 12 heavy (non-hydrogen) atoms. The lowest BCUT2D eigenvalue weighted by Gasteiger charge is -2.09. The molecule has 0 aliphatic heterocycles. The molecule has 62 valence electrons. The Morgan fingerprint density at radius 2 is 2.17 bits per heavy atom. The predicted octanol–water partition coefficient (Wildman–Crippen LogP) is 1.72. The van der Waals surface area contributed by atoms with Crippen molar-refractivity contribution in [2.75, 3.05) is 0 Å². The maximum Gasteiger partial charge on any atom is 0.0813 e. The summed E-state index contributed by atoms with van der Waals surface area (Å²) in [7, 11) is 0. The van der Waals surface area contributed by atoms with Crippen LogP contribution in [-0.2, 0) is 0 Å². The zero-order chi connectivity index (χ0) is 8.39. The second-order valence-corrected chi connectivity index (χ2v) is 3.02. The van der Waals surface area contributed by atoms with Gasteiger partial charge in [0, 0.05) is 0 Å². The molecule has 1 atom stereocenters. The van der Waals surface area contributed by atoms with E-state index in [4.69, 9.17) is 0 Å². The topological polar surface area (TPSA) is 30.7 Å². The Labute approximate surface area is 71.4 Å². The Morgan fingerprint density at radius 3 is 2.75 bits per heavy atom. The Bertz CT molecular complexity index is 309. The Hall–Kier alpha value is -1.38. The number of nitrogens with zero attached hydrogens (tertiary/aromatic N) is 3. The van der Waals surface area contributed by atoms with Crippen LogP contribution in [0.15, 0.2) is 30.6 Å². The summed E-state index contributed by atoms with van der Waals surface area (Å²) in [4.78, 5) is 1.64. The molecule has 0 N–H and O–H groups in total. The zero-order valence-electron chi connectivity index (χ0n) is 7.01. The standard InChI is InChI=1S/C9H11N3/c1-8-2-4-9(5-3-8)12-10-6-7-11-12/h2,4-8H,3H2,1H3. The first-order chi connectivity index (χ1) is 5.86. The summed E-state index contributed by atoms with van der Waals surface area (Å²) in [5.74, 6) is 0.643. The minimum absolute atomic E-state index is 0.643. The second kappa shape index (κ2) is 2.93. The van der Waals surface area contributed by atoms with Gasteiger partial charge in [0.2, 0.25) is 0 Å². The van der Waals surface area contributed by atoms with Crippen LogP contribution in [0.25, 0.3) is 5.70 Å². The van der Waals surface area contributed by atoms with E-state index in [9.17, 15) is 0 Å². The molecule has 0 fully saturated rings. The average Bonchev–Trinajstić information content (AvgIpc) is 2.58. The highest BCUT2D eigenvalue weighted by molar-refractivity contribution is 5.56. The maximum atomic E-state index is 4.05. The van der Waals surface area contributed by atoms with Crippen LogP contribution in [0.3, 0.4) is 0 Å². The Morgan fingerprint density at radius 1 is 1.42 bits per heavy atom. The molecule has 1 aliphatic rings. The number of aromatic nitrogens is 3. The number of rotatable bonds is 1. The van der Waals surface area contributed by atoms with Crippen LogP contribution < -0.4 is 0 Å². The molecule has 3 nitrogen and oxygen atoms in total. The maximum absolute atomic E-state index is 4.05. The van der Waals surface area contributed by atoms with Crippen molar-refractivity contribution in [2.45, 2.75) is 13.3 Å². The number of allylic oxidation sites excluding steroid dienone is 4. The molecule has 0 radical (unpaired) electrons. The van der Waals surface area contributed by atoms with E-state index in [0.717, 1.165) is 12.1 Å². The molecule has 1 aliphatic carbocycles. The first-order valence-corrected chi connectivity index (χ1v) is 4.11. The molecule has 0 amide bonds. The van der Waals surface area contributed by atoms with E-state index in [0.29, 0.717) is 5.92 Å². The molecule has 0 bridgehead atoms. The number of hydrogen-bond donors (Lipinski definition) is 0. The third kappa shape index (κ3) is 1.30. The molecule has 1 heterocycles. The third-order valence-corrected chi connectivity index (χ3v) is 1.94. The third-order valence-electron chi connectivity index (χ3n) is 1.94. The van der Waals surface area contributed by atoms with Gasteiger partial charge < -0.3 is 0 Å². The van der Waals surface area contributed by atoms with Gasteiger partial charge in [0.1, 0.15) is 0 Å². The smallest absolute Gasteiger partial charge is 0.0813 e. The lowest BCUT2D eigenvalue weighted by atomic mass is 10.0. The van der Waals surface area contributed by atoms with E-state index in [1.54, 1.807) is 17.2 Å². The zero-order valence-corrected chi connectivity index (χ0v) is 7.01. The Balaban J connectivity index is 2.23. The molecule has 0 saturated heterocycles. The molecule has 1 aromatic heterocycles. The van der Waals surface area contributed by atoms with Gasteiger partial charge in [-0.2, -0.15) is 15.0 Å². The van der Waals surface area contributed by atoms with Gasteiger partial charge in [0.25, 0.3) is 0 Å². The molecule has 0 saturated carbocycles. The van der Waals surface area contributed by atoms with Crippen LogP contribution in [0.2, 0.25) is 0 Å². The van der Waals surface area contributed by atoms with Crippen molar-refractivity contribution in [3.05, 3.63) is 30.6 Å². The quantitative estimate of drug-likeness (QED) is 0.627. The van der Waals surface area contributed by atoms with Gasteiger partial charge in [-0.1, -0.05) is 19.1 Å². The number of hydrogen-bond acceptors (Lipinski definition) is 2. The Kier molecular flexibility index (Phi) is 1.78. The van der Waals surface area contributed by atoms with Crippen molar-refractivity contribution in [2.24, 2.45) is 5.92 Å². The van der Waals surface area contributed by atoms with Gasteiger partial charge in [-0.25, -0.2) is 0 Å². The molecule has 2 rings (SSSR count).